The molecule has 1 amide bonds. The summed E-state index contributed by atoms with van der Waals surface area (Å²) in [7, 11) is 0. The molecule has 1 aromatic rings. The number of rotatable bonds is 5. The number of benzene rings is 1. The molecule has 1 N–H and O–H groups in total. The SMILES string of the molecule is CC(C)N(Cc1ccccc1)C(=O)[C@@H]1CC[C@H](C(=O)O)O1. The van der Waals surface area contributed by atoms with Gasteiger partial charge in [0.05, 0.1) is 0 Å². The summed E-state index contributed by atoms with van der Waals surface area (Å²) < 4.78 is 5.36. The van der Waals surface area contributed by atoms with Crippen molar-refractivity contribution in [2.24, 2.45) is 0 Å². The predicted octanol–water partition coefficient (Wildman–Crippen LogP) is 2.06. The van der Waals surface area contributed by atoms with E-state index >= 15 is 0 Å². The average Bonchev–Trinajstić information content (AvgIpc) is 2.95. The Morgan fingerprint density at radius 2 is 1.86 bits per heavy atom. The van der Waals surface area contributed by atoms with E-state index in [0.29, 0.717) is 19.4 Å². The monoisotopic (exact) mass is 291 g/mol. The first-order valence-electron chi connectivity index (χ1n) is 7.21. The lowest BCUT2D eigenvalue weighted by atomic mass is 10.1. The van der Waals surface area contributed by atoms with Gasteiger partial charge in [0, 0.05) is 12.6 Å². The Morgan fingerprint density at radius 1 is 1.24 bits per heavy atom. The average molecular weight is 291 g/mol. The van der Waals surface area contributed by atoms with Crippen LogP contribution < -0.4 is 0 Å². The van der Waals surface area contributed by atoms with E-state index in [2.05, 4.69) is 0 Å². The van der Waals surface area contributed by atoms with Gasteiger partial charge in [0.1, 0.15) is 6.10 Å². The lowest BCUT2D eigenvalue weighted by Crippen LogP contribution is -2.43. The summed E-state index contributed by atoms with van der Waals surface area (Å²) in [5.74, 6) is -1.12. The molecule has 0 radical (unpaired) electrons. The Hall–Kier alpha value is -1.88. The summed E-state index contributed by atoms with van der Waals surface area (Å²) in [5.41, 5.74) is 1.05. The molecule has 2 atom stereocenters. The minimum atomic E-state index is -0.996. The molecular weight excluding hydrogens is 270 g/mol. The largest absolute Gasteiger partial charge is 0.479 e. The number of carboxylic acids is 1. The Labute approximate surface area is 124 Å². The van der Waals surface area contributed by atoms with Crippen molar-refractivity contribution in [1.82, 2.24) is 4.90 Å². The van der Waals surface area contributed by atoms with Crippen molar-refractivity contribution in [1.29, 1.82) is 0 Å². The molecule has 21 heavy (non-hydrogen) atoms. The molecule has 0 aliphatic carbocycles. The van der Waals surface area contributed by atoms with Gasteiger partial charge in [-0.1, -0.05) is 30.3 Å². The molecule has 0 aromatic heterocycles. The van der Waals surface area contributed by atoms with Crippen LogP contribution in [0.25, 0.3) is 0 Å². The number of carbonyl (C=O) groups excluding carboxylic acids is 1. The Balaban J connectivity index is 2.05. The summed E-state index contributed by atoms with van der Waals surface area (Å²) in [6.45, 7) is 4.41. The van der Waals surface area contributed by atoms with E-state index in [4.69, 9.17) is 9.84 Å². The molecule has 2 rings (SSSR count). The van der Waals surface area contributed by atoms with Crippen molar-refractivity contribution in [3.63, 3.8) is 0 Å². The van der Waals surface area contributed by atoms with Gasteiger partial charge in [-0.25, -0.2) is 4.79 Å². The van der Waals surface area contributed by atoms with Crippen molar-refractivity contribution in [3.8, 4) is 0 Å². The summed E-state index contributed by atoms with van der Waals surface area (Å²) in [4.78, 5) is 25.2. The molecule has 1 aromatic carbocycles. The number of carboxylic acid groups (broad SMARTS) is 1. The van der Waals surface area contributed by atoms with Gasteiger partial charge >= 0.3 is 5.97 Å². The molecule has 5 heteroatoms. The van der Waals surface area contributed by atoms with E-state index < -0.39 is 18.2 Å². The highest BCUT2D eigenvalue weighted by molar-refractivity contribution is 5.83. The minimum Gasteiger partial charge on any atom is -0.479 e. The van der Waals surface area contributed by atoms with Crippen LogP contribution >= 0.6 is 0 Å². The molecule has 1 saturated heterocycles. The van der Waals surface area contributed by atoms with E-state index in [-0.39, 0.29) is 11.9 Å². The van der Waals surface area contributed by atoms with Crippen LogP contribution in [-0.4, -0.2) is 40.1 Å². The van der Waals surface area contributed by atoms with Crippen molar-refractivity contribution in [3.05, 3.63) is 35.9 Å². The lowest BCUT2D eigenvalue weighted by Gasteiger charge is -2.29. The molecule has 1 aliphatic rings. The van der Waals surface area contributed by atoms with E-state index in [1.807, 2.05) is 44.2 Å². The molecule has 1 aliphatic heterocycles. The fourth-order valence-corrected chi connectivity index (χ4v) is 2.48. The molecule has 114 valence electrons. The highest BCUT2D eigenvalue weighted by Crippen LogP contribution is 2.23. The van der Waals surface area contributed by atoms with Gasteiger partial charge in [-0.3, -0.25) is 4.79 Å². The van der Waals surface area contributed by atoms with Crippen LogP contribution in [0.2, 0.25) is 0 Å². The van der Waals surface area contributed by atoms with Crippen LogP contribution in [0, 0.1) is 0 Å². The molecule has 0 saturated carbocycles. The highest BCUT2D eigenvalue weighted by Gasteiger charge is 2.37. The first-order valence-corrected chi connectivity index (χ1v) is 7.21. The zero-order valence-electron chi connectivity index (χ0n) is 12.4. The smallest absolute Gasteiger partial charge is 0.332 e. The normalized spacial score (nSPS) is 21.5. The van der Waals surface area contributed by atoms with Gasteiger partial charge in [-0.2, -0.15) is 0 Å². The minimum absolute atomic E-state index is 0.0326. The first kappa shape index (κ1) is 15.5. The van der Waals surface area contributed by atoms with Crippen molar-refractivity contribution in [2.75, 3.05) is 0 Å². The lowest BCUT2D eigenvalue weighted by molar-refractivity contribution is -0.155. The maximum atomic E-state index is 12.6. The number of carbonyl (C=O) groups is 2. The molecule has 0 spiro atoms. The molecule has 5 nitrogen and oxygen atoms in total. The van der Waals surface area contributed by atoms with Crippen LogP contribution in [-0.2, 0) is 20.9 Å². The van der Waals surface area contributed by atoms with Crippen LogP contribution in [0.4, 0.5) is 0 Å². The van der Waals surface area contributed by atoms with Gasteiger partial charge in [-0.15, -0.1) is 0 Å². The maximum absolute atomic E-state index is 12.6. The van der Waals surface area contributed by atoms with E-state index in [0.717, 1.165) is 5.56 Å². The second kappa shape index (κ2) is 6.72. The number of hydrogen-bond donors (Lipinski definition) is 1. The van der Waals surface area contributed by atoms with E-state index in [1.54, 1.807) is 4.90 Å². The Morgan fingerprint density at radius 3 is 2.38 bits per heavy atom. The fourth-order valence-electron chi connectivity index (χ4n) is 2.48. The Bertz CT molecular complexity index is 500. The zero-order valence-corrected chi connectivity index (χ0v) is 12.4. The second-order valence-corrected chi connectivity index (χ2v) is 5.57. The standard InChI is InChI=1S/C16H21NO4/c1-11(2)17(10-12-6-4-3-5-7-12)15(18)13-8-9-14(21-13)16(19)20/h3-7,11,13-14H,8-10H2,1-2H3,(H,19,20)/t13-,14+/m0/s1. The molecule has 1 heterocycles. The van der Waals surface area contributed by atoms with E-state index in [9.17, 15) is 9.59 Å². The first-order chi connectivity index (χ1) is 9.99. The fraction of sp³-hybridized carbons (Fsp3) is 0.500. The van der Waals surface area contributed by atoms with Gasteiger partial charge in [-0.05, 0) is 32.3 Å². The van der Waals surface area contributed by atoms with Crippen molar-refractivity contribution in [2.45, 2.75) is 51.5 Å². The maximum Gasteiger partial charge on any atom is 0.332 e. The summed E-state index contributed by atoms with van der Waals surface area (Å²) in [6.07, 6.45) is -0.640. The van der Waals surface area contributed by atoms with Crippen LogP contribution in [0.3, 0.4) is 0 Å². The van der Waals surface area contributed by atoms with Gasteiger partial charge < -0.3 is 14.7 Å². The van der Waals surface area contributed by atoms with Crippen LogP contribution in [0.5, 0.6) is 0 Å². The van der Waals surface area contributed by atoms with Crippen molar-refractivity contribution < 1.29 is 19.4 Å². The third-order valence-electron chi connectivity index (χ3n) is 3.67. The number of hydrogen-bond acceptors (Lipinski definition) is 3. The van der Waals surface area contributed by atoms with Gasteiger partial charge in [0.15, 0.2) is 6.10 Å². The quantitative estimate of drug-likeness (QED) is 0.901. The Kier molecular flexibility index (Phi) is 4.96. The second-order valence-electron chi connectivity index (χ2n) is 5.57. The van der Waals surface area contributed by atoms with E-state index in [1.165, 1.54) is 0 Å². The molecular formula is C16H21NO4. The van der Waals surface area contributed by atoms with Crippen LogP contribution in [0.1, 0.15) is 32.3 Å². The number of ether oxygens (including phenoxy) is 1. The zero-order chi connectivity index (χ0) is 15.4. The third-order valence-corrected chi connectivity index (χ3v) is 3.67. The van der Waals surface area contributed by atoms with Crippen LogP contribution in [0.15, 0.2) is 30.3 Å². The number of aliphatic carboxylic acids is 1. The number of amides is 1. The van der Waals surface area contributed by atoms with Gasteiger partial charge in [0.25, 0.3) is 5.91 Å². The molecule has 0 bridgehead atoms. The number of nitrogens with zero attached hydrogens (tertiary/aromatic N) is 1. The summed E-state index contributed by atoms with van der Waals surface area (Å²) in [6, 6.07) is 9.78. The topological polar surface area (TPSA) is 66.8 Å². The van der Waals surface area contributed by atoms with Crippen molar-refractivity contribution >= 4 is 11.9 Å². The highest BCUT2D eigenvalue weighted by atomic mass is 16.5. The summed E-state index contributed by atoms with van der Waals surface area (Å²) >= 11 is 0. The third kappa shape index (κ3) is 3.82. The summed E-state index contributed by atoms with van der Waals surface area (Å²) in [5, 5.41) is 8.95. The molecule has 1 fully saturated rings. The van der Waals surface area contributed by atoms with Gasteiger partial charge in [0.2, 0.25) is 0 Å². The molecule has 0 unspecified atom stereocenters. The predicted molar refractivity (Wildman–Crippen MR) is 77.7 cm³/mol.